The lowest BCUT2D eigenvalue weighted by atomic mass is 9.98. The van der Waals surface area contributed by atoms with Crippen LogP contribution >= 0.6 is 0 Å². The van der Waals surface area contributed by atoms with Gasteiger partial charge >= 0.3 is 0 Å². The predicted octanol–water partition coefficient (Wildman–Crippen LogP) is -1.67. The van der Waals surface area contributed by atoms with Crippen molar-refractivity contribution in [2.45, 2.75) is 51.7 Å². The van der Waals surface area contributed by atoms with Gasteiger partial charge in [0.15, 0.2) is 6.04 Å². The molecule has 26 heavy (non-hydrogen) atoms. The number of carbonyl (C=O) groups excluding carboxylic acids is 3. The Morgan fingerprint density at radius 3 is 2.15 bits per heavy atom. The van der Waals surface area contributed by atoms with E-state index < -0.39 is 35.9 Å². The van der Waals surface area contributed by atoms with Crippen LogP contribution in [0.2, 0.25) is 0 Å². The summed E-state index contributed by atoms with van der Waals surface area (Å²) in [6, 6.07) is 3.50. The topological polar surface area (TPSA) is 146 Å². The first kappa shape index (κ1) is 21.4. The van der Waals surface area contributed by atoms with Crippen molar-refractivity contribution in [2.24, 2.45) is 5.92 Å². The van der Waals surface area contributed by atoms with Gasteiger partial charge in [0, 0.05) is 6.42 Å². The van der Waals surface area contributed by atoms with E-state index in [-0.39, 0.29) is 18.1 Å². The first-order valence-electron chi connectivity index (χ1n) is 8.58. The summed E-state index contributed by atoms with van der Waals surface area (Å²) in [4.78, 5) is 35.9. The van der Waals surface area contributed by atoms with Gasteiger partial charge < -0.3 is 31.4 Å². The van der Waals surface area contributed by atoms with Crippen LogP contribution in [0.25, 0.3) is 0 Å². The van der Waals surface area contributed by atoms with E-state index in [1.807, 2.05) is 6.92 Å². The van der Waals surface area contributed by atoms with Crippen LogP contribution in [-0.2, 0) is 20.8 Å². The average Bonchev–Trinajstić information content (AvgIpc) is 2.59. The lowest BCUT2D eigenvalue weighted by Crippen LogP contribution is -2.68. The van der Waals surface area contributed by atoms with Crippen molar-refractivity contribution in [1.29, 1.82) is 0 Å². The third-order valence-corrected chi connectivity index (χ3v) is 4.22. The molecule has 1 aromatic carbocycles. The maximum Gasteiger partial charge on any atom is 0.278 e. The lowest BCUT2D eigenvalue weighted by molar-refractivity contribution is -0.398. The summed E-state index contributed by atoms with van der Waals surface area (Å²) in [6.07, 6.45) is 0.689. The van der Waals surface area contributed by atoms with Gasteiger partial charge in [-0.15, -0.1) is 0 Å². The van der Waals surface area contributed by atoms with Crippen LogP contribution in [0, 0.1) is 5.92 Å². The quantitative estimate of drug-likeness (QED) is 0.413. The number of carboxylic acid groups (broad SMARTS) is 1. The summed E-state index contributed by atoms with van der Waals surface area (Å²) >= 11 is 0. The number of carbonyl (C=O) groups is 3. The van der Waals surface area contributed by atoms with Crippen molar-refractivity contribution in [3.05, 3.63) is 29.8 Å². The molecule has 2 amide bonds. The summed E-state index contributed by atoms with van der Waals surface area (Å²) in [6.45, 7) is 5.10. The third kappa shape index (κ3) is 6.36. The van der Waals surface area contributed by atoms with Crippen LogP contribution in [0.3, 0.4) is 0 Å². The normalized spacial score (nSPS) is 15.4. The molecule has 0 aromatic heterocycles. The number of amides is 2. The van der Waals surface area contributed by atoms with Gasteiger partial charge in [-0.3, -0.25) is 9.59 Å². The summed E-state index contributed by atoms with van der Waals surface area (Å²) in [7, 11) is 0. The van der Waals surface area contributed by atoms with Crippen LogP contribution in [0.15, 0.2) is 24.3 Å². The number of carboxylic acids is 1. The number of aliphatic carboxylic acids is 1. The number of phenolic OH excluding ortho intramolecular Hbond substituents is 1. The minimum absolute atomic E-state index is 0.0824. The van der Waals surface area contributed by atoms with Crippen molar-refractivity contribution in [3.63, 3.8) is 0 Å². The molecule has 0 spiro atoms. The van der Waals surface area contributed by atoms with E-state index in [4.69, 9.17) is 0 Å². The molecule has 4 unspecified atom stereocenters. The molecule has 0 aliphatic carbocycles. The van der Waals surface area contributed by atoms with E-state index in [0.29, 0.717) is 12.0 Å². The standard InChI is InChI=1S/C18H27N3O5/c1-4-10(2)15(18(25)26)21-17(24)14(20-16(23)11(3)19)9-12-5-7-13(22)8-6-12/h5-8,10-11,14-15,22H,4,9,19H2,1-3H3,(H,20,23)(H,21,24)(H,25,26). The van der Waals surface area contributed by atoms with Gasteiger partial charge in [-0.05, 0) is 30.5 Å². The van der Waals surface area contributed by atoms with Gasteiger partial charge in [0.2, 0.25) is 5.91 Å². The summed E-state index contributed by atoms with van der Waals surface area (Å²) in [5, 5.41) is 25.7. The maximum absolute atomic E-state index is 12.6. The fourth-order valence-electron chi connectivity index (χ4n) is 2.31. The smallest absolute Gasteiger partial charge is 0.278 e. The van der Waals surface area contributed by atoms with Gasteiger partial charge in [-0.2, -0.15) is 0 Å². The molecule has 0 aliphatic heterocycles. The molecule has 1 aromatic rings. The third-order valence-electron chi connectivity index (χ3n) is 4.22. The molecular weight excluding hydrogens is 338 g/mol. The Morgan fingerprint density at radius 2 is 1.69 bits per heavy atom. The molecular formula is C18H27N3O5. The predicted molar refractivity (Wildman–Crippen MR) is 92.5 cm³/mol. The molecule has 0 bridgehead atoms. The Labute approximate surface area is 152 Å². The highest BCUT2D eigenvalue weighted by atomic mass is 16.4. The molecule has 144 valence electrons. The fraction of sp³-hybridized carbons (Fsp3) is 0.500. The highest BCUT2D eigenvalue weighted by molar-refractivity contribution is 5.91. The Hall–Kier alpha value is -2.61. The van der Waals surface area contributed by atoms with Crippen molar-refractivity contribution < 1.29 is 30.3 Å². The summed E-state index contributed by atoms with van der Waals surface area (Å²) in [5.41, 5.74) is 4.32. The zero-order valence-electron chi connectivity index (χ0n) is 15.3. The van der Waals surface area contributed by atoms with Gasteiger partial charge in [-0.1, -0.05) is 32.4 Å². The van der Waals surface area contributed by atoms with Gasteiger partial charge in [-0.25, -0.2) is 0 Å². The second-order valence-electron chi connectivity index (χ2n) is 6.52. The maximum atomic E-state index is 12.6. The number of hydrogen-bond acceptors (Lipinski definition) is 5. The highest BCUT2D eigenvalue weighted by Gasteiger charge is 2.27. The molecule has 0 saturated carbocycles. The first-order chi connectivity index (χ1) is 12.1. The molecule has 6 N–H and O–H groups in total. The Balaban J connectivity index is 2.97. The highest BCUT2D eigenvalue weighted by Crippen LogP contribution is 2.12. The van der Waals surface area contributed by atoms with Crippen LogP contribution in [0.5, 0.6) is 5.75 Å². The molecule has 0 radical (unpaired) electrons. The monoisotopic (exact) mass is 365 g/mol. The van der Waals surface area contributed by atoms with Crippen molar-refractivity contribution in [1.82, 2.24) is 10.6 Å². The SMILES string of the molecule is CCC(C)C(NC(=O)C(Cc1ccc(O)cc1)NC(=O)C(C)[NH3+])C(=O)[O-]. The van der Waals surface area contributed by atoms with E-state index in [1.165, 1.54) is 12.1 Å². The summed E-state index contributed by atoms with van der Waals surface area (Å²) < 4.78 is 0. The number of phenols is 1. The van der Waals surface area contributed by atoms with E-state index in [0.717, 1.165) is 0 Å². The zero-order chi connectivity index (χ0) is 19.9. The fourth-order valence-corrected chi connectivity index (χ4v) is 2.31. The minimum Gasteiger partial charge on any atom is -0.548 e. The Bertz CT molecular complexity index is 630. The zero-order valence-corrected chi connectivity index (χ0v) is 15.3. The number of benzene rings is 1. The molecule has 0 fully saturated rings. The van der Waals surface area contributed by atoms with E-state index in [9.17, 15) is 24.6 Å². The number of aromatic hydroxyl groups is 1. The molecule has 1 rings (SSSR count). The largest absolute Gasteiger partial charge is 0.548 e. The molecule has 0 saturated heterocycles. The minimum atomic E-state index is -1.37. The lowest BCUT2D eigenvalue weighted by Gasteiger charge is -2.28. The van der Waals surface area contributed by atoms with E-state index >= 15 is 0 Å². The van der Waals surface area contributed by atoms with Crippen molar-refractivity contribution in [3.8, 4) is 5.75 Å². The number of hydrogen-bond donors (Lipinski definition) is 4. The first-order valence-corrected chi connectivity index (χ1v) is 8.58. The molecule has 8 heteroatoms. The summed E-state index contributed by atoms with van der Waals surface area (Å²) in [5.74, 6) is -2.63. The molecule has 4 atom stereocenters. The van der Waals surface area contributed by atoms with Crippen LogP contribution in [0.1, 0.15) is 32.8 Å². The van der Waals surface area contributed by atoms with Gasteiger partial charge in [0.05, 0.1) is 12.0 Å². The van der Waals surface area contributed by atoms with Gasteiger partial charge in [0.25, 0.3) is 5.91 Å². The van der Waals surface area contributed by atoms with E-state index in [1.54, 1.807) is 26.0 Å². The number of quaternary nitrogens is 1. The molecule has 0 aliphatic rings. The van der Waals surface area contributed by atoms with Crippen LogP contribution < -0.4 is 21.5 Å². The van der Waals surface area contributed by atoms with Gasteiger partial charge in [0.1, 0.15) is 11.8 Å². The Kier molecular flexibility index (Phi) is 8.05. The average molecular weight is 365 g/mol. The molecule has 0 heterocycles. The number of nitrogens with one attached hydrogen (secondary N) is 2. The second kappa shape index (κ2) is 9.76. The van der Waals surface area contributed by atoms with Crippen LogP contribution in [-0.4, -0.2) is 41.0 Å². The van der Waals surface area contributed by atoms with Crippen molar-refractivity contribution in [2.75, 3.05) is 0 Å². The second-order valence-corrected chi connectivity index (χ2v) is 6.52. The van der Waals surface area contributed by atoms with Crippen molar-refractivity contribution >= 4 is 17.8 Å². The molecule has 8 nitrogen and oxygen atoms in total. The van der Waals surface area contributed by atoms with Crippen LogP contribution in [0.4, 0.5) is 0 Å². The Morgan fingerprint density at radius 1 is 1.12 bits per heavy atom. The number of rotatable bonds is 9. The van der Waals surface area contributed by atoms with E-state index in [2.05, 4.69) is 16.4 Å².